The molecule has 2 nitrogen and oxygen atoms in total. The van der Waals surface area contributed by atoms with E-state index in [9.17, 15) is 0 Å². The van der Waals surface area contributed by atoms with E-state index in [1.54, 1.807) is 0 Å². The molecule has 0 radical (unpaired) electrons. The summed E-state index contributed by atoms with van der Waals surface area (Å²) in [7, 11) is 0. The van der Waals surface area contributed by atoms with Crippen molar-refractivity contribution in [2.45, 2.75) is 46.6 Å². The molecule has 1 aliphatic heterocycles. The molecule has 0 aromatic heterocycles. The van der Waals surface area contributed by atoms with Gasteiger partial charge in [0.05, 0.1) is 13.2 Å². The van der Waals surface area contributed by atoms with Gasteiger partial charge in [-0.05, 0) is 25.2 Å². The molecule has 1 rings (SSSR count). The average Bonchev–Trinajstić information content (AvgIpc) is 1.80. The lowest BCUT2D eigenvalue weighted by molar-refractivity contribution is -0.175. The summed E-state index contributed by atoms with van der Waals surface area (Å²) >= 11 is 0. The zero-order valence-corrected chi connectivity index (χ0v) is 9.39. The number of hydrogen-bond acceptors (Lipinski definition) is 2. The van der Waals surface area contributed by atoms with Gasteiger partial charge in [0, 0.05) is 11.5 Å². The highest BCUT2D eigenvalue weighted by Crippen LogP contribution is 2.48. The molecule has 0 aromatic rings. The summed E-state index contributed by atoms with van der Waals surface area (Å²) < 4.78 is 5.36. The number of rotatable bonds is 3. The van der Waals surface area contributed by atoms with Crippen LogP contribution in [0.25, 0.3) is 0 Å². The maximum atomic E-state index is 5.78. The van der Waals surface area contributed by atoms with E-state index in [1.165, 1.54) is 6.42 Å². The summed E-state index contributed by atoms with van der Waals surface area (Å²) in [6.07, 6.45) is 2.31. The Morgan fingerprint density at radius 2 is 1.92 bits per heavy atom. The Morgan fingerprint density at radius 3 is 2.15 bits per heavy atom. The van der Waals surface area contributed by atoms with Gasteiger partial charge in [-0.2, -0.15) is 0 Å². The summed E-state index contributed by atoms with van der Waals surface area (Å²) in [6.45, 7) is 10.8. The van der Waals surface area contributed by atoms with Crippen LogP contribution in [0.5, 0.6) is 0 Å². The summed E-state index contributed by atoms with van der Waals surface area (Å²) in [5.41, 5.74) is 6.52. The van der Waals surface area contributed by atoms with E-state index in [4.69, 9.17) is 10.5 Å². The monoisotopic (exact) mass is 185 g/mol. The first-order valence-corrected chi connectivity index (χ1v) is 5.21. The van der Waals surface area contributed by atoms with Gasteiger partial charge in [0.25, 0.3) is 0 Å². The molecule has 0 aliphatic carbocycles. The van der Waals surface area contributed by atoms with Crippen LogP contribution in [0, 0.1) is 10.8 Å². The maximum Gasteiger partial charge on any atom is 0.0549 e. The predicted octanol–water partition coefficient (Wildman–Crippen LogP) is 2.18. The Kier molecular flexibility index (Phi) is 3.03. The van der Waals surface area contributed by atoms with Crippen LogP contribution in [-0.4, -0.2) is 19.3 Å². The highest BCUT2D eigenvalue weighted by Gasteiger charge is 2.47. The van der Waals surface area contributed by atoms with Crippen LogP contribution in [0.3, 0.4) is 0 Å². The third kappa shape index (κ3) is 2.23. The van der Waals surface area contributed by atoms with E-state index in [0.29, 0.717) is 16.9 Å². The second kappa shape index (κ2) is 3.58. The highest BCUT2D eigenvalue weighted by molar-refractivity contribution is 4.95. The summed E-state index contributed by atoms with van der Waals surface area (Å²) in [5, 5.41) is 0. The molecule has 0 saturated carbocycles. The molecule has 1 fully saturated rings. The molecule has 2 heteroatoms. The SMILES string of the molecule is CC(N)CCC1(C(C)(C)C)COC1. The van der Waals surface area contributed by atoms with Gasteiger partial charge in [0.1, 0.15) is 0 Å². The van der Waals surface area contributed by atoms with Crippen LogP contribution in [0.2, 0.25) is 0 Å². The molecule has 1 aliphatic rings. The topological polar surface area (TPSA) is 35.2 Å². The van der Waals surface area contributed by atoms with Gasteiger partial charge >= 0.3 is 0 Å². The van der Waals surface area contributed by atoms with E-state index in [-0.39, 0.29) is 0 Å². The minimum absolute atomic E-state index is 0.319. The summed E-state index contributed by atoms with van der Waals surface area (Å²) in [5.74, 6) is 0. The van der Waals surface area contributed by atoms with E-state index >= 15 is 0 Å². The summed E-state index contributed by atoms with van der Waals surface area (Å²) in [6, 6.07) is 0.319. The van der Waals surface area contributed by atoms with Crippen LogP contribution < -0.4 is 5.73 Å². The Balaban J connectivity index is 2.51. The van der Waals surface area contributed by atoms with Gasteiger partial charge in [-0.25, -0.2) is 0 Å². The van der Waals surface area contributed by atoms with E-state index in [0.717, 1.165) is 19.6 Å². The van der Waals surface area contributed by atoms with Crippen LogP contribution in [-0.2, 0) is 4.74 Å². The second-order valence-electron chi connectivity index (χ2n) is 5.54. The lowest BCUT2D eigenvalue weighted by atomic mass is 9.62. The molecule has 1 atom stereocenters. The van der Waals surface area contributed by atoms with Crippen molar-refractivity contribution in [2.75, 3.05) is 13.2 Å². The quantitative estimate of drug-likeness (QED) is 0.731. The standard InChI is InChI=1S/C11H23NO/c1-9(12)5-6-11(7-13-8-11)10(2,3)4/h9H,5-8,12H2,1-4H3. The lowest BCUT2D eigenvalue weighted by Crippen LogP contribution is -2.52. The molecule has 2 N–H and O–H groups in total. The van der Waals surface area contributed by atoms with Gasteiger partial charge in [0.2, 0.25) is 0 Å². The van der Waals surface area contributed by atoms with Crippen molar-refractivity contribution in [2.24, 2.45) is 16.6 Å². The number of nitrogens with two attached hydrogens (primary N) is 1. The van der Waals surface area contributed by atoms with Crippen molar-refractivity contribution < 1.29 is 4.74 Å². The molecular weight excluding hydrogens is 162 g/mol. The van der Waals surface area contributed by atoms with Gasteiger partial charge in [-0.1, -0.05) is 20.8 Å². The van der Waals surface area contributed by atoms with Crippen LogP contribution in [0.4, 0.5) is 0 Å². The first-order valence-electron chi connectivity index (χ1n) is 5.21. The van der Waals surface area contributed by atoms with Crippen LogP contribution in [0.15, 0.2) is 0 Å². The summed E-state index contributed by atoms with van der Waals surface area (Å²) in [4.78, 5) is 0. The van der Waals surface area contributed by atoms with Gasteiger partial charge in [-0.15, -0.1) is 0 Å². The van der Waals surface area contributed by atoms with Gasteiger partial charge < -0.3 is 10.5 Å². The van der Waals surface area contributed by atoms with Crippen molar-refractivity contribution in [3.05, 3.63) is 0 Å². The largest absolute Gasteiger partial charge is 0.380 e. The minimum Gasteiger partial charge on any atom is -0.380 e. The van der Waals surface area contributed by atoms with Crippen molar-refractivity contribution in [3.8, 4) is 0 Å². The third-order valence-corrected chi connectivity index (χ3v) is 3.43. The molecule has 0 aromatic carbocycles. The maximum absolute atomic E-state index is 5.78. The lowest BCUT2D eigenvalue weighted by Gasteiger charge is -2.51. The Bertz CT molecular complexity index is 165. The predicted molar refractivity (Wildman–Crippen MR) is 55.6 cm³/mol. The zero-order valence-electron chi connectivity index (χ0n) is 9.39. The number of hydrogen-bond donors (Lipinski definition) is 1. The molecule has 1 unspecified atom stereocenters. The van der Waals surface area contributed by atoms with Crippen LogP contribution in [0.1, 0.15) is 40.5 Å². The third-order valence-electron chi connectivity index (χ3n) is 3.43. The normalized spacial score (nSPS) is 23.8. The first-order chi connectivity index (χ1) is 5.87. The zero-order chi connectivity index (χ0) is 10.1. The van der Waals surface area contributed by atoms with Gasteiger partial charge in [0.15, 0.2) is 0 Å². The molecular formula is C11H23NO. The molecule has 1 heterocycles. The Labute approximate surface area is 81.8 Å². The fourth-order valence-electron chi connectivity index (χ4n) is 1.80. The van der Waals surface area contributed by atoms with Crippen molar-refractivity contribution in [3.63, 3.8) is 0 Å². The molecule has 13 heavy (non-hydrogen) atoms. The Morgan fingerprint density at radius 1 is 1.38 bits per heavy atom. The second-order valence-corrected chi connectivity index (χ2v) is 5.54. The van der Waals surface area contributed by atoms with E-state index < -0.39 is 0 Å². The average molecular weight is 185 g/mol. The minimum atomic E-state index is 0.319. The molecule has 0 bridgehead atoms. The number of ether oxygens (including phenoxy) is 1. The Hall–Kier alpha value is -0.0800. The smallest absolute Gasteiger partial charge is 0.0549 e. The molecule has 1 saturated heterocycles. The fraction of sp³-hybridized carbons (Fsp3) is 1.00. The molecule has 78 valence electrons. The van der Waals surface area contributed by atoms with E-state index in [1.807, 2.05) is 0 Å². The van der Waals surface area contributed by atoms with Crippen molar-refractivity contribution >= 4 is 0 Å². The first kappa shape index (κ1) is 11.0. The van der Waals surface area contributed by atoms with Crippen molar-refractivity contribution in [1.29, 1.82) is 0 Å². The highest BCUT2D eigenvalue weighted by atomic mass is 16.5. The van der Waals surface area contributed by atoms with E-state index in [2.05, 4.69) is 27.7 Å². The molecule has 0 spiro atoms. The fourth-order valence-corrected chi connectivity index (χ4v) is 1.80. The van der Waals surface area contributed by atoms with Gasteiger partial charge in [-0.3, -0.25) is 0 Å². The van der Waals surface area contributed by atoms with Crippen LogP contribution >= 0.6 is 0 Å². The van der Waals surface area contributed by atoms with Crippen molar-refractivity contribution in [1.82, 2.24) is 0 Å². The molecule has 0 amide bonds.